The predicted octanol–water partition coefficient (Wildman–Crippen LogP) is 1.77. The molecule has 1 aliphatic heterocycles. The van der Waals surface area contributed by atoms with Crippen molar-refractivity contribution in [2.75, 3.05) is 19.6 Å². The van der Waals surface area contributed by atoms with Gasteiger partial charge in [0.15, 0.2) is 0 Å². The molecule has 0 bridgehead atoms. The molecule has 0 radical (unpaired) electrons. The van der Waals surface area contributed by atoms with E-state index in [4.69, 9.17) is 11.1 Å². The number of urea groups is 1. The van der Waals surface area contributed by atoms with Gasteiger partial charge in [-0.3, -0.25) is 5.41 Å². The van der Waals surface area contributed by atoms with Crippen LogP contribution in [0.4, 0.5) is 4.79 Å². The minimum Gasteiger partial charge on any atom is -0.388 e. The van der Waals surface area contributed by atoms with Gasteiger partial charge in [-0.2, -0.15) is 0 Å². The van der Waals surface area contributed by atoms with Crippen LogP contribution in [-0.2, 0) is 0 Å². The van der Waals surface area contributed by atoms with Crippen molar-refractivity contribution in [2.45, 2.75) is 51.0 Å². The minimum absolute atomic E-state index is 0.167. The average molecular weight is 252 g/mol. The van der Waals surface area contributed by atoms with Crippen molar-refractivity contribution in [3.05, 3.63) is 0 Å². The Bertz CT molecular complexity index is 306. The maximum absolute atomic E-state index is 12.5. The normalized spacial score (nSPS) is 20.3. The molecule has 5 nitrogen and oxygen atoms in total. The van der Waals surface area contributed by atoms with Crippen LogP contribution in [-0.4, -0.2) is 47.3 Å². The molecule has 2 fully saturated rings. The standard InChI is InChI=1S/C13H24N4O/c14-12(15)7-10-17(11-5-6-11)13(18)16-8-3-1-2-4-9-16/h11H,1-10H2,(H3,14,15). The highest BCUT2D eigenvalue weighted by atomic mass is 16.2. The number of nitrogens with two attached hydrogens (primary N) is 1. The van der Waals surface area contributed by atoms with E-state index in [2.05, 4.69) is 0 Å². The van der Waals surface area contributed by atoms with Gasteiger partial charge in [0.25, 0.3) is 0 Å². The molecule has 2 aliphatic rings. The minimum atomic E-state index is 0.167. The lowest BCUT2D eigenvalue weighted by molar-refractivity contribution is 0.152. The van der Waals surface area contributed by atoms with Gasteiger partial charge in [-0.1, -0.05) is 12.8 Å². The molecular formula is C13H24N4O. The number of nitrogens with one attached hydrogen (secondary N) is 1. The first-order chi connectivity index (χ1) is 8.68. The first kappa shape index (κ1) is 13.2. The zero-order chi connectivity index (χ0) is 13.0. The van der Waals surface area contributed by atoms with E-state index < -0.39 is 0 Å². The fourth-order valence-electron chi connectivity index (χ4n) is 2.51. The van der Waals surface area contributed by atoms with Crippen LogP contribution in [0, 0.1) is 5.41 Å². The van der Waals surface area contributed by atoms with Crippen LogP contribution in [0.2, 0.25) is 0 Å². The number of likely N-dealkylation sites (tertiary alicyclic amines) is 1. The van der Waals surface area contributed by atoms with Crippen molar-refractivity contribution in [1.29, 1.82) is 5.41 Å². The number of amidine groups is 1. The molecule has 5 heteroatoms. The molecule has 102 valence electrons. The number of carbonyl (C=O) groups is 1. The third kappa shape index (κ3) is 3.62. The van der Waals surface area contributed by atoms with E-state index >= 15 is 0 Å². The Morgan fingerprint density at radius 3 is 2.33 bits per heavy atom. The van der Waals surface area contributed by atoms with Gasteiger partial charge in [0.05, 0.1) is 5.84 Å². The molecule has 3 N–H and O–H groups in total. The highest BCUT2D eigenvalue weighted by Gasteiger charge is 2.34. The Morgan fingerprint density at radius 2 is 1.83 bits per heavy atom. The van der Waals surface area contributed by atoms with Crippen LogP contribution < -0.4 is 5.73 Å². The maximum atomic E-state index is 12.5. The number of hydrogen-bond acceptors (Lipinski definition) is 2. The van der Waals surface area contributed by atoms with Gasteiger partial charge in [0.2, 0.25) is 0 Å². The third-order valence-electron chi connectivity index (χ3n) is 3.73. The van der Waals surface area contributed by atoms with Crippen molar-refractivity contribution in [1.82, 2.24) is 9.80 Å². The Labute approximate surface area is 109 Å². The second kappa shape index (κ2) is 6.07. The van der Waals surface area contributed by atoms with Gasteiger partial charge in [0.1, 0.15) is 0 Å². The summed E-state index contributed by atoms with van der Waals surface area (Å²) in [5, 5.41) is 7.30. The van der Waals surface area contributed by atoms with Crippen LogP contribution in [0.3, 0.4) is 0 Å². The maximum Gasteiger partial charge on any atom is 0.320 e. The zero-order valence-electron chi connectivity index (χ0n) is 11.0. The molecule has 0 unspecified atom stereocenters. The molecule has 2 rings (SSSR count). The van der Waals surface area contributed by atoms with Crippen molar-refractivity contribution in [3.63, 3.8) is 0 Å². The quantitative estimate of drug-likeness (QED) is 0.591. The number of carbonyl (C=O) groups excluding carboxylic acids is 1. The van der Waals surface area contributed by atoms with Crippen LogP contribution >= 0.6 is 0 Å². The van der Waals surface area contributed by atoms with E-state index in [1.54, 1.807) is 0 Å². The van der Waals surface area contributed by atoms with E-state index in [1.165, 1.54) is 12.8 Å². The molecule has 0 aromatic carbocycles. The van der Waals surface area contributed by atoms with Crippen molar-refractivity contribution in [2.24, 2.45) is 5.73 Å². The van der Waals surface area contributed by atoms with Gasteiger partial charge in [0, 0.05) is 32.1 Å². The molecule has 1 heterocycles. The summed E-state index contributed by atoms with van der Waals surface area (Å²) in [6.45, 7) is 2.39. The molecule has 0 aromatic rings. The van der Waals surface area contributed by atoms with Gasteiger partial charge in [-0.25, -0.2) is 4.79 Å². The van der Waals surface area contributed by atoms with Gasteiger partial charge in [-0.05, 0) is 25.7 Å². The lowest BCUT2D eigenvalue weighted by atomic mass is 10.2. The summed E-state index contributed by atoms with van der Waals surface area (Å²) < 4.78 is 0. The number of nitrogens with zero attached hydrogens (tertiary/aromatic N) is 2. The molecule has 0 aromatic heterocycles. The molecular weight excluding hydrogens is 228 g/mol. The molecule has 0 atom stereocenters. The zero-order valence-corrected chi connectivity index (χ0v) is 11.0. The van der Waals surface area contributed by atoms with Crippen molar-refractivity contribution >= 4 is 11.9 Å². The number of hydrogen-bond donors (Lipinski definition) is 2. The largest absolute Gasteiger partial charge is 0.388 e. The van der Waals surface area contributed by atoms with Crippen LogP contribution in [0.25, 0.3) is 0 Å². The van der Waals surface area contributed by atoms with E-state index in [-0.39, 0.29) is 11.9 Å². The predicted molar refractivity (Wildman–Crippen MR) is 71.7 cm³/mol. The van der Waals surface area contributed by atoms with E-state index in [1.807, 2.05) is 9.80 Å². The second-order valence-corrected chi connectivity index (χ2v) is 5.38. The van der Waals surface area contributed by atoms with Crippen LogP contribution in [0.1, 0.15) is 44.9 Å². The first-order valence-corrected chi connectivity index (χ1v) is 7.07. The average Bonchev–Trinajstić information content (AvgIpc) is 3.15. The van der Waals surface area contributed by atoms with E-state index in [0.29, 0.717) is 19.0 Å². The first-order valence-electron chi connectivity index (χ1n) is 7.07. The van der Waals surface area contributed by atoms with Gasteiger partial charge < -0.3 is 15.5 Å². The third-order valence-corrected chi connectivity index (χ3v) is 3.73. The number of amides is 2. The summed E-state index contributed by atoms with van der Waals surface area (Å²) in [5.74, 6) is 0.171. The lowest BCUT2D eigenvalue weighted by Gasteiger charge is -2.30. The van der Waals surface area contributed by atoms with E-state index in [9.17, 15) is 4.79 Å². The van der Waals surface area contributed by atoms with Gasteiger partial charge >= 0.3 is 6.03 Å². The fourth-order valence-corrected chi connectivity index (χ4v) is 2.51. The molecule has 1 saturated heterocycles. The van der Waals surface area contributed by atoms with Crippen molar-refractivity contribution in [3.8, 4) is 0 Å². The SMILES string of the molecule is N=C(N)CCN(C(=O)N1CCCCCC1)C1CC1. The Balaban J connectivity index is 1.91. The van der Waals surface area contributed by atoms with Gasteiger partial charge in [-0.15, -0.1) is 0 Å². The Hall–Kier alpha value is -1.26. The summed E-state index contributed by atoms with van der Waals surface area (Å²) in [6, 6.07) is 0.570. The Kier molecular flexibility index (Phi) is 4.44. The molecule has 1 saturated carbocycles. The molecule has 2 amide bonds. The van der Waals surface area contributed by atoms with E-state index in [0.717, 1.165) is 38.8 Å². The molecule has 0 spiro atoms. The summed E-state index contributed by atoms with van der Waals surface area (Å²) in [6.07, 6.45) is 7.43. The van der Waals surface area contributed by atoms with Crippen LogP contribution in [0.5, 0.6) is 0 Å². The summed E-state index contributed by atoms with van der Waals surface area (Å²) >= 11 is 0. The fraction of sp³-hybridized carbons (Fsp3) is 0.846. The highest BCUT2D eigenvalue weighted by molar-refractivity contribution is 5.79. The number of rotatable bonds is 4. The Morgan fingerprint density at radius 1 is 1.22 bits per heavy atom. The molecule has 1 aliphatic carbocycles. The van der Waals surface area contributed by atoms with Crippen LogP contribution in [0.15, 0.2) is 0 Å². The topological polar surface area (TPSA) is 73.4 Å². The second-order valence-electron chi connectivity index (χ2n) is 5.38. The monoisotopic (exact) mass is 252 g/mol. The lowest BCUT2D eigenvalue weighted by Crippen LogP contribution is -2.45. The smallest absolute Gasteiger partial charge is 0.320 e. The summed E-state index contributed by atoms with van der Waals surface area (Å²) in [4.78, 5) is 16.4. The highest BCUT2D eigenvalue weighted by Crippen LogP contribution is 2.28. The van der Waals surface area contributed by atoms with Crippen molar-refractivity contribution < 1.29 is 4.79 Å². The molecule has 18 heavy (non-hydrogen) atoms. The summed E-state index contributed by atoms with van der Waals surface area (Å²) in [7, 11) is 0. The summed E-state index contributed by atoms with van der Waals surface area (Å²) in [5.41, 5.74) is 5.40.